The molecule has 0 aromatic rings. The minimum absolute atomic E-state index is 0.106. The summed E-state index contributed by atoms with van der Waals surface area (Å²) >= 11 is 0. The lowest BCUT2D eigenvalue weighted by Gasteiger charge is -2.35. The Morgan fingerprint density at radius 2 is 1.86 bits per heavy atom. The van der Waals surface area contributed by atoms with E-state index in [1.165, 1.54) is 25.7 Å². The number of carbonyl (C=O) groups is 1. The maximum atomic E-state index is 12.4. The molecule has 3 fully saturated rings. The smallest absolute Gasteiger partial charge is 0.317 e. The molecule has 1 saturated heterocycles. The lowest BCUT2D eigenvalue weighted by molar-refractivity contribution is 0.0786. The van der Waals surface area contributed by atoms with Gasteiger partial charge >= 0.3 is 6.03 Å². The van der Waals surface area contributed by atoms with Crippen LogP contribution < -0.4 is 5.32 Å². The highest BCUT2D eigenvalue weighted by molar-refractivity contribution is 5.74. The summed E-state index contributed by atoms with van der Waals surface area (Å²) in [4.78, 5) is 14.3. The van der Waals surface area contributed by atoms with Crippen molar-refractivity contribution in [1.82, 2.24) is 10.2 Å². The molecule has 2 N–H and O–H groups in total. The van der Waals surface area contributed by atoms with Crippen molar-refractivity contribution in [1.29, 1.82) is 0 Å². The molecule has 0 aromatic carbocycles. The largest absolute Gasteiger partial charge is 0.393 e. The molecule has 0 spiro atoms. The van der Waals surface area contributed by atoms with Gasteiger partial charge in [-0.15, -0.1) is 0 Å². The van der Waals surface area contributed by atoms with E-state index in [9.17, 15) is 9.90 Å². The second kappa shape index (κ2) is 6.15. The molecule has 0 aromatic heterocycles. The number of urea groups is 1. The van der Waals surface area contributed by atoms with Crippen LogP contribution in [0.3, 0.4) is 0 Å². The Labute approximate surface area is 128 Å². The molecular formula is C17H30N2O2. The Bertz CT molecular complexity index is 377. The summed E-state index contributed by atoms with van der Waals surface area (Å²) in [5.74, 6) is 2.84. The van der Waals surface area contributed by atoms with E-state index in [-0.39, 0.29) is 12.1 Å². The van der Waals surface area contributed by atoms with Gasteiger partial charge in [0.2, 0.25) is 0 Å². The van der Waals surface area contributed by atoms with Gasteiger partial charge < -0.3 is 15.3 Å². The van der Waals surface area contributed by atoms with E-state index in [0.29, 0.717) is 17.9 Å². The zero-order chi connectivity index (χ0) is 15.0. The van der Waals surface area contributed by atoms with Gasteiger partial charge in [0.1, 0.15) is 0 Å². The summed E-state index contributed by atoms with van der Waals surface area (Å²) in [6.45, 7) is 5.61. The van der Waals surface area contributed by atoms with E-state index in [4.69, 9.17) is 0 Å². The Hall–Kier alpha value is -0.770. The van der Waals surface area contributed by atoms with Gasteiger partial charge in [-0.1, -0.05) is 6.42 Å². The molecule has 21 heavy (non-hydrogen) atoms. The van der Waals surface area contributed by atoms with Crippen molar-refractivity contribution >= 4 is 6.03 Å². The van der Waals surface area contributed by atoms with Crippen LogP contribution in [0.25, 0.3) is 0 Å². The molecule has 2 aliphatic carbocycles. The molecule has 1 heterocycles. The van der Waals surface area contributed by atoms with Crippen molar-refractivity contribution in [3.8, 4) is 0 Å². The minimum Gasteiger partial charge on any atom is -0.393 e. The second-order valence-corrected chi connectivity index (χ2v) is 7.64. The van der Waals surface area contributed by atoms with E-state index >= 15 is 0 Å². The molecule has 5 atom stereocenters. The summed E-state index contributed by atoms with van der Waals surface area (Å²) in [7, 11) is 0. The number of piperidine rings is 1. The molecule has 2 amide bonds. The van der Waals surface area contributed by atoms with Crippen LogP contribution in [-0.2, 0) is 0 Å². The normalized spacial score (nSPS) is 35.8. The lowest BCUT2D eigenvalue weighted by Crippen LogP contribution is -2.50. The summed E-state index contributed by atoms with van der Waals surface area (Å²) < 4.78 is 0. The van der Waals surface area contributed by atoms with Gasteiger partial charge in [-0.2, -0.15) is 0 Å². The highest BCUT2D eigenvalue weighted by Crippen LogP contribution is 2.49. The number of fused-ring (bicyclic) bond motifs is 2. The molecule has 2 saturated carbocycles. The molecular weight excluding hydrogens is 264 g/mol. The molecule has 5 unspecified atom stereocenters. The third-order valence-corrected chi connectivity index (χ3v) is 6.30. The van der Waals surface area contributed by atoms with Crippen LogP contribution in [0.5, 0.6) is 0 Å². The average Bonchev–Trinajstić information content (AvgIpc) is 3.10. The molecule has 4 nitrogen and oxygen atoms in total. The van der Waals surface area contributed by atoms with Gasteiger partial charge in [-0.3, -0.25) is 0 Å². The van der Waals surface area contributed by atoms with Crippen molar-refractivity contribution in [3.05, 3.63) is 0 Å². The number of hydrogen-bond acceptors (Lipinski definition) is 2. The number of aliphatic hydroxyl groups is 1. The SMILES string of the molecule is CC(O)C1CCN(C(=O)NC(C)C2CC3CCC2C3)CC1. The van der Waals surface area contributed by atoms with Crippen LogP contribution in [0.4, 0.5) is 4.79 Å². The Morgan fingerprint density at radius 3 is 2.38 bits per heavy atom. The fourth-order valence-electron chi connectivity index (χ4n) is 4.88. The quantitative estimate of drug-likeness (QED) is 0.840. The van der Waals surface area contributed by atoms with E-state index in [2.05, 4.69) is 12.2 Å². The molecule has 2 bridgehead atoms. The van der Waals surface area contributed by atoms with Gasteiger partial charge in [0.05, 0.1) is 6.10 Å². The summed E-state index contributed by atoms with van der Waals surface area (Å²) in [6.07, 6.45) is 7.09. The predicted molar refractivity (Wildman–Crippen MR) is 82.9 cm³/mol. The van der Waals surface area contributed by atoms with Crippen molar-refractivity contribution in [2.45, 2.75) is 64.5 Å². The number of carbonyl (C=O) groups excluding carboxylic acids is 1. The first kappa shape index (κ1) is 15.1. The molecule has 3 aliphatic rings. The van der Waals surface area contributed by atoms with E-state index in [1.54, 1.807) is 0 Å². The minimum atomic E-state index is -0.247. The number of nitrogens with one attached hydrogen (secondary N) is 1. The van der Waals surface area contributed by atoms with Gasteiger partial charge in [0, 0.05) is 19.1 Å². The highest BCUT2D eigenvalue weighted by atomic mass is 16.3. The number of likely N-dealkylation sites (tertiary alicyclic amines) is 1. The van der Waals surface area contributed by atoms with Gasteiger partial charge in [-0.05, 0) is 69.6 Å². The molecule has 1 aliphatic heterocycles. The first-order valence-corrected chi connectivity index (χ1v) is 8.78. The van der Waals surface area contributed by atoms with Crippen molar-refractivity contribution in [2.75, 3.05) is 13.1 Å². The van der Waals surface area contributed by atoms with Crippen LogP contribution >= 0.6 is 0 Å². The summed E-state index contributed by atoms with van der Waals surface area (Å²) in [6, 6.07) is 0.414. The van der Waals surface area contributed by atoms with E-state index in [1.807, 2.05) is 11.8 Å². The van der Waals surface area contributed by atoms with E-state index in [0.717, 1.165) is 37.8 Å². The maximum absolute atomic E-state index is 12.4. The number of rotatable bonds is 3. The summed E-state index contributed by atoms with van der Waals surface area (Å²) in [5.41, 5.74) is 0. The first-order chi connectivity index (χ1) is 10.0. The summed E-state index contributed by atoms with van der Waals surface area (Å²) in [5, 5.41) is 12.9. The molecule has 0 radical (unpaired) electrons. The number of amides is 2. The number of nitrogens with zero attached hydrogens (tertiary/aromatic N) is 1. The highest BCUT2D eigenvalue weighted by Gasteiger charge is 2.42. The molecule has 3 rings (SSSR count). The zero-order valence-corrected chi connectivity index (χ0v) is 13.4. The van der Waals surface area contributed by atoms with Crippen LogP contribution in [0, 0.1) is 23.7 Å². The van der Waals surface area contributed by atoms with Gasteiger partial charge in [0.15, 0.2) is 0 Å². The fourth-order valence-corrected chi connectivity index (χ4v) is 4.88. The Balaban J connectivity index is 1.46. The number of aliphatic hydroxyl groups excluding tert-OH is 1. The van der Waals surface area contributed by atoms with E-state index < -0.39 is 0 Å². The fraction of sp³-hybridized carbons (Fsp3) is 0.941. The second-order valence-electron chi connectivity index (χ2n) is 7.64. The topological polar surface area (TPSA) is 52.6 Å². The van der Waals surface area contributed by atoms with Gasteiger partial charge in [0.25, 0.3) is 0 Å². The van der Waals surface area contributed by atoms with Crippen LogP contribution in [-0.4, -0.2) is 41.3 Å². The third kappa shape index (κ3) is 3.20. The van der Waals surface area contributed by atoms with Crippen LogP contribution in [0.1, 0.15) is 52.4 Å². The Kier molecular flexibility index (Phi) is 4.43. The predicted octanol–water partition coefficient (Wildman–Crippen LogP) is 2.61. The van der Waals surface area contributed by atoms with Crippen molar-refractivity contribution < 1.29 is 9.90 Å². The average molecular weight is 294 g/mol. The monoisotopic (exact) mass is 294 g/mol. The Morgan fingerprint density at radius 1 is 1.14 bits per heavy atom. The van der Waals surface area contributed by atoms with Crippen molar-refractivity contribution in [3.63, 3.8) is 0 Å². The molecule has 120 valence electrons. The third-order valence-electron chi connectivity index (χ3n) is 6.30. The maximum Gasteiger partial charge on any atom is 0.317 e. The molecule has 4 heteroatoms. The van der Waals surface area contributed by atoms with Gasteiger partial charge in [-0.25, -0.2) is 4.79 Å². The zero-order valence-electron chi connectivity index (χ0n) is 13.4. The standard InChI is InChI=1S/C17H30N2O2/c1-11(16-10-13-3-4-15(16)9-13)18-17(21)19-7-5-14(6-8-19)12(2)20/h11-16,20H,3-10H2,1-2H3,(H,18,21). The number of hydrogen-bond donors (Lipinski definition) is 2. The van der Waals surface area contributed by atoms with Crippen molar-refractivity contribution in [2.24, 2.45) is 23.7 Å². The van der Waals surface area contributed by atoms with Crippen LogP contribution in [0.15, 0.2) is 0 Å². The van der Waals surface area contributed by atoms with Crippen LogP contribution in [0.2, 0.25) is 0 Å². The first-order valence-electron chi connectivity index (χ1n) is 8.78. The lowest BCUT2D eigenvalue weighted by atomic mass is 9.84.